The highest BCUT2D eigenvalue weighted by Gasteiger charge is 2.15. The van der Waals surface area contributed by atoms with Gasteiger partial charge in [-0.05, 0) is 61.6 Å². The summed E-state index contributed by atoms with van der Waals surface area (Å²) in [6.45, 7) is 3.79. The van der Waals surface area contributed by atoms with Crippen molar-refractivity contribution in [1.82, 2.24) is 4.90 Å². The second-order valence-electron chi connectivity index (χ2n) is 7.42. The Balaban J connectivity index is 1.53. The van der Waals surface area contributed by atoms with Crippen LogP contribution in [0.5, 0.6) is 0 Å². The smallest absolute Gasteiger partial charge is 0.243 e. The third-order valence-electron chi connectivity index (χ3n) is 5.26. The van der Waals surface area contributed by atoms with Crippen LogP contribution in [0, 0.1) is 5.82 Å². The molecule has 0 bridgehead atoms. The first kappa shape index (κ1) is 20.8. The third-order valence-corrected chi connectivity index (χ3v) is 5.26. The van der Waals surface area contributed by atoms with Gasteiger partial charge in [0.25, 0.3) is 0 Å². The van der Waals surface area contributed by atoms with Crippen molar-refractivity contribution in [1.29, 1.82) is 0 Å². The second kappa shape index (κ2) is 10.0. The third kappa shape index (κ3) is 6.04. The lowest BCUT2D eigenvalue weighted by Gasteiger charge is -2.28. The first-order valence-electron chi connectivity index (χ1n) is 10.2. The molecule has 29 heavy (non-hydrogen) atoms. The van der Waals surface area contributed by atoms with Crippen molar-refractivity contribution in [3.05, 3.63) is 59.9 Å². The molecule has 0 atom stereocenters. The van der Waals surface area contributed by atoms with Gasteiger partial charge in [0.2, 0.25) is 11.8 Å². The molecule has 154 valence electrons. The van der Waals surface area contributed by atoms with Crippen LogP contribution in [0.1, 0.15) is 31.7 Å². The average molecular weight is 397 g/mol. The van der Waals surface area contributed by atoms with Gasteiger partial charge in [-0.3, -0.25) is 9.59 Å². The van der Waals surface area contributed by atoms with Gasteiger partial charge in [0.15, 0.2) is 0 Å². The van der Waals surface area contributed by atoms with Crippen molar-refractivity contribution in [2.75, 3.05) is 36.4 Å². The SMILES string of the molecule is CC(=O)N(CCc1ccccc1F)CC(=O)Nc1ccc(N2CCCCC2)cc1. The fourth-order valence-electron chi connectivity index (χ4n) is 3.59. The van der Waals surface area contributed by atoms with Gasteiger partial charge in [-0.2, -0.15) is 0 Å². The van der Waals surface area contributed by atoms with Crippen molar-refractivity contribution in [2.45, 2.75) is 32.6 Å². The summed E-state index contributed by atoms with van der Waals surface area (Å²) in [4.78, 5) is 28.1. The molecule has 3 rings (SSSR count). The first-order chi connectivity index (χ1) is 14.0. The topological polar surface area (TPSA) is 52.7 Å². The number of piperidine rings is 1. The van der Waals surface area contributed by atoms with Crippen LogP contribution >= 0.6 is 0 Å². The summed E-state index contributed by atoms with van der Waals surface area (Å²) in [5.41, 5.74) is 2.40. The maximum Gasteiger partial charge on any atom is 0.243 e. The molecule has 0 aromatic heterocycles. The minimum atomic E-state index is -0.297. The van der Waals surface area contributed by atoms with E-state index in [0.29, 0.717) is 17.7 Å². The lowest BCUT2D eigenvalue weighted by atomic mass is 10.1. The number of carbonyl (C=O) groups excluding carboxylic acids is 2. The fourth-order valence-corrected chi connectivity index (χ4v) is 3.59. The molecule has 2 aromatic rings. The van der Waals surface area contributed by atoms with Crippen LogP contribution in [0.2, 0.25) is 0 Å². The minimum Gasteiger partial charge on any atom is -0.372 e. The first-order valence-corrected chi connectivity index (χ1v) is 10.2. The number of rotatable bonds is 7. The Labute approximate surface area is 171 Å². The number of benzene rings is 2. The quantitative estimate of drug-likeness (QED) is 0.772. The Bertz CT molecular complexity index is 832. The molecular formula is C23H28FN3O2. The molecule has 0 unspecified atom stereocenters. The lowest BCUT2D eigenvalue weighted by molar-refractivity contribution is -0.132. The highest BCUT2D eigenvalue weighted by molar-refractivity contribution is 5.94. The zero-order valence-corrected chi connectivity index (χ0v) is 16.9. The summed E-state index contributed by atoms with van der Waals surface area (Å²) in [6.07, 6.45) is 4.08. The van der Waals surface area contributed by atoms with Gasteiger partial charge in [-0.25, -0.2) is 4.39 Å². The number of hydrogen-bond donors (Lipinski definition) is 1. The van der Waals surface area contributed by atoms with E-state index in [4.69, 9.17) is 0 Å². The highest BCUT2D eigenvalue weighted by Crippen LogP contribution is 2.21. The van der Waals surface area contributed by atoms with Gasteiger partial charge in [-0.15, -0.1) is 0 Å². The van der Waals surface area contributed by atoms with E-state index in [1.54, 1.807) is 18.2 Å². The molecule has 0 saturated carbocycles. The molecule has 5 nitrogen and oxygen atoms in total. The maximum atomic E-state index is 13.8. The number of amides is 2. The Kier molecular flexibility index (Phi) is 7.22. The van der Waals surface area contributed by atoms with Crippen molar-refractivity contribution < 1.29 is 14.0 Å². The van der Waals surface area contributed by atoms with E-state index in [9.17, 15) is 14.0 Å². The minimum absolute atomic E-state index is 0.0579. The van der Waals surface area contributed by atoms with E-state index in [1.807, 2.05) is 24.3 Å². The van der Waals surface area contributed by atoms with Crippen LogP contribution in [0.3, 0.4) is 0 Å². The van der Waals surface area contributed by atoms with Crippen molar-refractivity contribution in [2.24, 2.45) is 0 Å². The monoisotopic (exact) mass is 397 g/mol. The molecule has 1 heterocycles. The van der Waals surface area contributed by atoms with Crippen molar-refractivity contribution in [3.63, 3.8) is 0 Å². The van der Waals surface area contributed by atoms with E-state index in [2.05, 4.69) is 10.2 Å². The van der Waals surface area contributed by atoms with Crippen LogP contribution in [0.4, 0.5) is 15.8 Å². The van der Waals surface area contributed by atoms with Crippen LogP contribution in [-0.2, 0) is 16.0 Å². The molecule has 6 heteroatoms. The molecule has 2 aromatic carbocycles. The molecule has 2 amide bonds. The van der Waals surface area contributed by atoms with Gasteiger partial charge in [-0.1, -0.05) is 18.2 Å². The van der Waals surface area contributed by atoms with Crippen LogP contribution in [0.25, 0.3) is 0 Å². The molecular weight excluding hydrogens is 369 g/mol. The van der Waals surface area contributed by atoms with E-state index in [0.717, 1.165) is 18.8 Å². The number of nitrogens with one attached hydrogen (secondary N) is 1. The Hall–Kier alpha value is -2.89. The largest absolute Gasteiger partial charge is 0.372 e. The Morgan fingerprint density at radius 1 is 1.03 bits per heavy atom. The predicted molar refractivity (Wildman–Crippen MR) is 113 cm³/mol. The summed E-state index contributed by atoms with van der Waals surface area (Å²) in [6, 6.07) is 14.3. The predicted octanol–water partition coefficient (Wildman–Crippen LogP) is 3.85. The number of carbonyl (C=O) groups is 2. The second-order valence-corrected chi connectivity index (χ2v) is 7.42. The molecule has 0 aliphatic carbocycles. The molecule has 0 radical (unpaired) electrons. The summed E-state index contributed by atoms with van der Waals surface area (Å²) in [5.74, 6) is -0.773. The molecule has 0 spiro atoms. The standard InChI is InChI=1S/C23H28FN3O2/c1-18(28)27(16-13-19-7-3-4-8-22(19)24)17-23(29)25-20-9-11-21(12-10-20)26-14-5-2-6-15-26/h3-4,7-12H,2,5-6,13-17H2,1H3,(H,25,29). The average Bonchev–Trinajstić information content (AvgIpc) is 2.73. The number of hydrogen-bond acceptors (Lipinski definition) is 3. The Morgan fingerprint density at radius 3 is 2.38 bits per heavy atom. The summed E-state index contributed by atoms with van der Waals surface area (Å²) in [5, 5.41) is 2.84. The summed E-state index contributed by atoms with van der Waals surface area (Å²) in [7, 11) is 0. The zero-order chi connectivity index (χ0) is 20.6. The van der Waals surface area contributed by atoms with Crippen LogP contribution < -0.4 is 10.2 Å². The normalized spacial score (nSPS) is 13.8. The Morgan fingerprint density at radius 2 is 1.72 bits per heavy atom. The number of anilines is 2. The molecule has 1 saturated heterocycles. The van der Waals surface area contributed by atoms with Gasteiger partial charge in [0.05, 0.1) is 6.54 Å². The van der Waals surface area contributed by atoms with Crippen molar-refractivity contribution in [3.8, 4) is 0 Å². The number of halogens is 1. The van der Waals surface area contributed by atoms with E-state index in [1.165, 1.54) is 37.2 Å². The molecule has 1 aliphatic heterocycles. The van der Waals surface area contributed by atoms with E-state index >= 15 is 0 Å². The van der Waals surface area contributed by atoms with E-state index in [-0.39, 0.29) is 30.7 Å². The zero-order valence-electron chi connectivity index (χ0n) is 16.9. The van der Waals surface area contributed by atoms with Crippen LogP contribution in [-0.4, -0.2) is 42.9 Å². The van der Waals surface area contributed by atoms with E-state index < -0.39 is 0 Å². The van der Waals surface area contributed by atoms with Gasteiger partial charge in [0.1, 0.15) is 5.82 Å². The molecule has 1 fully saturated rings. The van der Waals surface area contributed by atoms with Crippen LogP contribution in [0.15, 0.2) is 48.5 Å². The molecule has 1 aliphatic rings. The van der Waals surface area contributed by atoms with Gasteiger partial charge >= 0.3 is 0 Å². The van der Waals surface area contributed by atoms with Gasteiger partial charge < -0.3 is 15.1 Å². The van der Waals surface area contributed by atoms with Gasteiger partial charge in [0, 0.05) is 37.9 Å². The maximum absolute atomic E-state index is 13.8. The number of nitrogens with zero attached hydrogens (tertiary/aromatic N) is 2. The summed E-state index contributed by atoms with van der Waals surface area (Å²) < 4.78 is 13.8. The highest BCUT2D eigenvalue weighted by atomic mass is 19.1. The fraction of sp³-hybridized carbons (Fsp3) is 0.391. The van der Waals surface area contributed by atoms with Crippen molar-refractivity contribution >= 4 is 23.2 Å². The summed E-state index contributed by atoms with van der Waals surface area (Å²) >= 11 is 0. The molecule has 1 N–H and O–H groups in total. The lowest BCUT2D eigenvalue weighted by Crippen LogP contribution is -2.38.